The van der Waals surface area contributed by atoms with E-state index in [9.17, 15) is 24.0 Å². The maximum absolute atomic E-state index is 12.9. The van der Waals surface area contributed by atoms with E-state index in [1.54, 1.807) is 36.4 Å². The van der Waals surface area contributed by atoms with Crippen LogP contribution in [0.4, 0.5) is 0 Å². The number of hydrogen-bond donors (Lipinski definition) is 0. The third-order valence-corrected chi connectivity index (χ3v) is 5.40. The van der Waals surface area contributed by atoms with Crippen molar-refractivity contribution in [2.75, 3.05) is 7.11 Å². The molecule has 2 aromatic rings. The van der Waals surface area contributed by atoms with Gasteiger partial charge in [0.2, 0.25) is 12.4 Å². The zero-order chi connectivity index (χ0) is 28.5. The summed E-state index contributed by atoms with van der Waals surface area (Å²) in [6.07, 6.45) is -7.86. The molecule has 3 rings (SSSR count). The van der Waals surface area contributed by atoms with Gasteiger partial charge in [-0.05, 0) is 17.7 Å². The smallest absolute Gasteiger partial charge is 0.342 e. The minimum atomic E-state index is -1.64. The highest BCUT2D eigenvalue weighted by atomic mass is 16.7. The van der Waals surface area contributed by atoms with E-state index in [1.165, 1.54) is 12.1 Å². The Morgan fingerprint density at radius 1 is 0.744 bits per heavy atom. The molecule has 208 valence electrons. The van der Waals surface area contributed by atoms with Crippen molar-refractivity contribution in [1.29, 1.82) is 0 Å². The molecule has 1 aliphatic rings. The fourth-order valence-electron chi connectivity index (χ4n) is 3.84. The fraction of sp³-hybridized carbons (Fsp3) is 0.370. The lowest BCUT2D eigenvalue weighted by Gasteiger charge is -2.43. The Bertz CT molecular complexity index is 1190. The Hall–Kier alpha value is -4.45. The Balaban J connectivity index is 1.96. The predicted octanol–water partition coefficient (Wildman–Crippen LogP) is 2.12. The Labute approximate surface area is 224 Å². The highest BCUT2D eigenvalue weighted by Gasteiger charge is 2.56. The van der Waals surface area contributed by atoms with Crippen molar-refractivity contribution >= 4 is 29.8 Å². The van der Waals surface area contributed by atoms with Crippen molar-refractivity contribution in [2.24, 2.45) is 0 Å². The molecule has 12 heteroatoms. The van der Waals surface area contributed by atoms with Crippen molar-refractivity contribution in [1.82, 2.24) is 0 Å². The number of esters is 5. The molecule has 2 aromatic carbocycles. The minimum Gasteiger partial charge on any atom is -0.467 e. The quantitative estimate of drug-likeness (QED) is 0.336. The van der Waals surface area contributed by atoms with Crippen LogP contribution in [0.2, 0.25) is 0 Å². The van der Waals surface area contributed by atoms with Crippen LogP contribution in [-0.4, -0.2) is 67.7 Å². The van der Waals surface area contributed by atoms with E-state index in [0.29, 0.717) is 0 Å². The number of para-hydroxylation sites is 1. The van der Waals surface area contributed by atoms with Gasteiger partial charge in [0.1, 0.15) is 17.9 Å². The normalized spacial score (nSPS) is 22.1. The number of carbonyl (C=O) groups excluding carboxylic acids is 5. The summed E-state index contributed by atoms with van der Waals surface area (Å²) in [5, 5.41) is 0. The molecule has 0 aliphatic carbocycles. The van der Waals surface area contributed by atoms with Gasteiger partial charge in [-0.15, -0.1) is 0 Å². The fourth-order valence-corrected chi connectivity index (χ4v) is 3.84. The van der Waals surface area contributed by atoms with Gasteiger partial charge in [-0.1, -0.05) is 42.5 Å². The first kappa shape index (κ1) is 29.1. The lowest BCUT2D eigenvalue weighted by molar-refractivity contribution is -0.282. The second kappa shape index (κ2) is 13.4. The molecule has 1 aliphatic heterocycles. The maximum Gasteiger partial charge on any atom is 0.342 e. The second-order valence-corrected chi connectivity index (χ2v) is 8.35. The molecule has 0 spiro atoms. The van der Waals surface area contributed by atoms with Crippen molar-refractivity contribution in [3.63, 3.8) is 0 Å². The summed E-state index contributed by atoms with van der Waals surface area (Å²) in [7, 11) is 1.07. The average Bonchev–Trinajstić information content (AvgIpc) is 2.90. The second-order valence-electron chi connectivity index (χ2n) is 8.35. The summed E-state index contributed by atoms with van der Waals surface area (Å²) < 4.78 is 37.7. The highest BCUT2D eigenvalue weighted by Crippen LogP contribution is 2.32. The van der Waals surface area contributed by atoms with Crippen LogP contribution < -0.4 is 4.74 Å². The highest BCUT2D eigenvalue weighted by molar-refractivity contribution is 5.92. The number of rotatable bonds is 9. The number of ether oxygens (including phenoxy) is 7. The van der Waals surface area contributed by atoms with Crippen LogP contribution >= 0.6 is 0 Å². The van der Waals surface area contributed by atoms with Crippen LogP contribution in [0.25, 0.3) is 0 Å². The number of methoxy groups -OCH3 is 1. The first-order chi connectivity index (χ1) is 18.6. The molecule has 12 nitrogen and oxygen atoms in total. The largest absolute Gasteiger partial charge is 0.467 e. The third-order valence-electron chi connectivity index (χ3n) is 5.40. The lowest BCUT2D eigenvalue weighted by atomic mass is 9.97. The van der Waals surface area contributed by atoms with Gasteiger partial charge in [0.25, 0.3) is 0 Å². The van der Waals surface area contributed by atoms with Crippen LogP contribution in [0.5, 0.6) is 5.75 Å². The summed E-state index contributed by atoms with van der Waals surface area (Å²) >= 11 is 0. The van der Waals surface area contributed by atoms with Crippen LogP contribution in [0.15, 0.2) is 54.6 Å². The summed E-state index contributed by atoms with van der Waals surface area (Å²) in [6.45, 7) is 3.23. The van der Waals surface area contributed by atoms with Gasteiger partial charge < -0.3 is 33.2 Å². The molecule has 39 heavy (non-hydrogen) atoms. The van der Waals surface area contributed by atoms with Gasteiger partial charge >= 0.3 is 29.8 Å². The van der Waals surface area contributed by atoms with E-state index < -0.39 is 60.6 Å². The molecule has 0 saturated carbocycles. The van der Waals surface area contributed by atoms with E-state index in [-0.39, 0.29) is 17.9 Å². The van der Waals surface area contributed by atoms with Gasteiger partial charge in [-0.3, -0.25) is 14.4 Å². The molecule has 1 heterocycles. The standard InChI is InChI=1S/C27H28O12/c1-15(28)35-21-22(36-16(2)29)24(37-17(3)30)27(39-23(21)26(32)33-4)38-20-13-9-8-12-19(20)25(31)34-14-18-10-6-5-7-11-18/h5-13,21-24,27H,14H2,1-4H3/t21-,22?,23?,24?,27-/m0/s1. The van der Waals surface area contributed by atoms with E-state index in [4.69, 9.17) is 33.2 Å². The average molecular weight is 545 g/mol. The molecule has 1 fully saturated rings. The molecule has 0 bridgehead atoms. The molecular formula is C27H28O12. The van der Waals surface area contributed by atoms with Crippen molar-refractivity contribution in [3.8, 4) is 5.75 Å². The third kappa shape index (κ3) is 7.77. The van der Waals surface area contributed by atoms with E-state index in [0.717, 1.165) is 33.4 Å². The molecular weight excluding hydrogens is 516 g/mol. The number of carbonyl (C=O) groups is 5. The SMILES string of the molecule is COC(=O)C1O[C@H](Oc2ccccc2C(=O)OCc2ccccc2)C(OC(C)=O)C(OC(C)=O)[C@@H]1OC(C)=O. The monoisotopic (exact) mass is 544 g/mol. The number of benzene rings is 2. The molecule has 3 unspecified atom stereocenters. The molecule has 0 aromatic heterocycles. The predicted molar refractivity (Wildman–Crippen MR) is 130 cm³/mol. The van der Waals surface area contributed by atoms with Gasteiger partial charge in [0.05, 0.1) is 7.11 Å². The Kier molecular flexibility index (Phi) is 9.98. The van der Waals surface area contributed by atoms with Gasteiger partial charge in [-0.2, -0.15) is 0 Å². The van der Waals surface area contributed by atoms with Crippen LogP contribution in [0.3, 0.4) is 0 Å². The Morgan fingerprint density at radius 3 is 1.92 bits per heavy atom. The summed E-state index contributed by atoms with van der Waals surface area (Å²) in [6, 6.07) is 15.0. The summed E-state index contributed by atoms with van der Waals surface area (Å²) in [5.41, 5.74) is 0.760. The van der Waals surface area contributed by atoms with Gasteiger partial charge in [-0.25, -0.2) is 9.59 Å². The zero-order valence-electron chi connectivity index (χ0n) is 21.7. The van der Waals surface area contributed by atoms with E-state index in [2.05, 4.69) is 0 Å². The van der Waals surface area contributed by atoms with Crippen molar-refractivity contribution < 1.29 is 57.1 Å². The zero-order valence-corrected chi connectivity index (χ0v) is 21.7. The van der Waals surface area contributed by atoms with Gasteiger partial charge in [0.15, 0.2) is 18.3 Å². The molecule has 0 amide bonds. The molecule has 5 atom stereocenters. The molecule has 0 radical (unpaired) electrons. The topological polar surface area (TPSA) is 150 Å². The first-order valence-electron chi connectivity index (χ1n) is 11.8. The van der Waals surface area contributed by atoms with E-state index >= 15 is 0 Å². The molecule has 0 N–H and O–H groups in total. The van der Waals surface area contributed by atoms with Crippen molar-refractivity contribution in [2.45, 2.75) is 58.1 Å². The molecule has 1 saturated heterocycles. The number of hydrogen-bond acceptors (Lipinski definition) is 12. The van der Waals surface area contributed by atoms with Crippen LogP contribution in [-0.2, 0) is 54.2 Å². The van der Waals surface area contributed by atoms with Crippen molar-refractivity contribution in [3.05, 3.63) is 65.7 Å². The maximum atomic E-state index is 12.9. The van der Waals surface area contributed by atoms with E-state index in [1.807, 2.05) is 6.07 Å². The van der Waals surface area contributed by atoms with Gasteiger partial charge in [0, 0.05) is 20.8 Å². The lowest BCUT2D eigenvalue weighted by Crippen LogP contribution is -2.64. The summed E-state index contributed by atoms with van der Waals surface area (Å²) in [5.74, 6) is -4.24. The Morgan fingerprint density at radius 2 is 1.31 bits per heavy atom. The van der Waals surface area contributed by atoms with Crippen LogP contribution in [0, 0.1) is 0 Å². The summed E-state index contributed by atoms with van der Waals surface area (Å²) in [4.78, 5) is 61.3. The van der Waals surface area contributed by atoms with Crippen LogP contribution in [0.1, 0.15) is 36.7 Å². The minimum absolute atomic E-state index is 0.000583. The first-order valence-corrected chi connectivity index (χ1v) is 11.8.